The SMILES string of the molecule is c1ccc(-c2ccc(-c3ccccc3)c(-c3ccccc3-n3c4ccccc4c4cc5c6ccccc6n(-c6nc(-c7ccccc7)nc(-c7ccccc7)n6)c5cc43)c2)cc1. The van der Waals surface area contributed by atoms with Crippen molar-refractivity contribution < 1.29 is 0 Å². The summed E-state index contributed by atoms with van der Waals surface area (Å²) in [6.45, 7) is 0. The van der Waals surface area contributed by atoms with Crippen LogP contribution in [0.25, 0.3) is 111 Å². The Morgan fingerprint density at radius 2 is 0.742 bits per heavy atom. The summed E-state index contributed by atoms with van der Waals surface area (Å²) in [6, 6.07) is 79.5. The summed E-state index contributed by atoms with van der Waals surface area (Å²) in [5.74, 6) is 1.81. The average molecular weight is 792 g/mol. The van der Waals surface area contributed by atoms with Gasteiger partial charge in [0, 0.05) is 38.2 Å². The summed E-state index contributed by atoms with van der Waals surface area (Å²) >= 11 is 0. The van der Waals surface area contributed by atoms with Crippen LogP contribution in [0.2, 0.25) is 0 Å². The lowest BCUT2D eigenvalue weighted by atomic mass is 9.90. The van der Waals surface area contributed by atoms with Gasteiger partial charge in [0.05, 0.1) is 27.8 Å². The highest BCUT2D eigenvalue weighted by atomic mass is 15.2. The minimum atomic E-state index is 0.566. The molecule has 3 heterocycles. The van der Waals surface area contributed by atoms with Gasteiger partial charge in [-0.3, -0.25) is 4.57 Å². The van der Waals surface area contributed by atoms with Crippen molar-refractivity contribution in [3.63, 3.8) is 0 Å². The first-order valence-electron chi connectivity index (χ1n) is 21.0. The second kappa shape index (κ2) is 14.7. The van der Waals surface area contributed by atoms with Gasteiger partial charge in [-0.05, 0) is 64.2 Å². The average Bonchev–Trinajstić information content (AvgIpc) is 3.86. The van der Waals surface area contributed by atoms with Crippen LogP contribution in [0.1, 0.15) is 0 Å². The third-order valence-corrected chi connectivity index (χ3v) is 12.0. The van der Waals surface area contributed by atoms with E-state index in [-0.39, 0.29) is 0 Å². The lowest BCUT2D eigenvalue weighted by molar-refractivity contribution is 0.953. The van der Waals surface area contributed by atoms with Crippen molar-refractivity contribution >= 4 is 43.6 Å². The smallest absolute Gasteiger partial charge is 0.238 e. The molecule has 0 bridgehead atoms. The molecule has 0 unspecified atom stereocenters. The van der Waals surface area contributed by atoms with Crippen LogP contribution in [-0.2, 0) is 0 Å². The molecule has 0 fully saturated rings. The molecule has 3 aromatic heterocycles. The first kappa shape index (κ1) is 35.5. The second-order valence-electron chi connectivity index (χ2n) is 15.6. The van der Waals surface area contributed by atoms with Crippen LogP contribution in [0.15, 0.2) is 224 Å². The summed E-state index contributed by atoms with van der Waals surface area (Å²) < 4.78 is 4.67. The van der Waals surface area contributed by atoms with Gasteiger partial charge in [0.1, 0.15) is 0 Å². The lowest BCUT2D eigenvalue weighted by Crippen LogP contribution is -2.06. The van der Waals surface area contributed by atoms with Gasteiger partial charge in [-0.1, -0.05) is 188 Å². The fraction of sp³-hybridized carbons (Fsp3) is 0. The number of rotatable bonds is 7. The van der Waals surface area contributed by atoms with Crippen LogP contribution in [0.3, 0.4) is 0 Å². The molecule has 9 aromatic carbocycles. The third kappa shape index (κ3) is 5.90. The maximum Gasteiger partial charge on any atom is 0.238 e. The molecule has 12 aromatic rings. The Morgan fingerprint density at radius 1 is 0.258 bits per heavy atom. The molecule has 0 saturated carbocycles. The quantitative estimate of drug-likeness (QED) is 0.162. The maximum absolute atomic E-state index is 5.23. The third-order valence-electron chi connectivity index (χ3n) is 12.0. The van der Waals surface area contributed by atoms with Crippen molar-refractivity contribution in [1.82, 2.24) is 24.1 Å². The topological polar surface area (TPSA) is 48.5 Å². The van der Waals surface area contributed by atoms with E-state index in [9.17, 15) is 0 Å². The molecule has 0 aliphatic heterocycles. The lowest BCUT2D eigenvalue weighted by Gasteiger charge is -2.18. The summed E-state index contributed by atoms with van der Waals surface area (Å²) in [6.07, 6.45) is 0. The van der Waals surface area contributed by atoms with Gasteiger partial charge < -0.3 is 4.57 Å². The van der Waals surface area contributed by atoms with Crippen LogP contribution in [0, 0.1) is 0 Å². The molecule has 5 heteroatoms. The maximum atomic E-state index is 5.23. The zero-order valence-corrected chi connectivity index (χ0v) is 33.6. The normalized spacial score (nSPS) is 11.5. The van der Waals surface area contributed by atoms with Crippen LogP contribution >= 0.6 is 0 Å². The molecule has 0 saturated heterocycles. The first-order valence-corrected chi connectivity index (χ1v) is 21.0. The zero-order valence-electron chi connectivity index (χ0n) is 33.6. The van der Waals surface area contributed by atoms with Gasteiger partial charge in [0.15, 0.2) is 11.6 Å². The van der Waals surface area contributed by atoms with E-state index in [1.54, 1.807) is 0 Å². The molecule has 5 nitrogen and oxygen atoms in total. The molecule has 12 rings (SSSR count). The van der Waals surface area contributed by atoms with Crippen molar-refractivity contribution in [1.29, 1.82) is 0 Å². The van der Waals surface area contributed by atoms with E-state index >= 15 is 0 Å². The fourth-order valence-electron chi connectivity index (χ4n) is 9.15. The number of nitrogens with zero attached hydrogens (tertiary/aromatic N) is 5. The molecule has 290 valence electrons. The van der Waals surface area contributed by atoms with Crippen molar-refractivity contribution in [2.45, 2.75) is 0 Å². The molecule has 0 radical (unpaired) electrons. The van der Waals surface area contributed by atoms with E-state index in [1.165, 1.54) is 38.6 Å². The van der Waals surface area contributed by atoms with Gasteiger partial charge in [-0.2, -0.15) is 9.97 Å². The molecule has 62 heavy (non-hydrogen) atoms. The summed E-state index contributed by atoms with van der Waals surface area (Å²) in [7, 11) is 0. The van der Waals surface area contributed by atoms with E-state index < -0.39 is 0 Å². The van der Waals surface area contributed by atoms with Crippen LogP contribution in [0.5, 0.6) is 0 Å². The van der Waals surface area contributed by atoms with E-state index in [0.717, 1.165) is 55.2 Å². The predicted octanol–water partition coefficient (Wildman–Crippen LogP) is 14.4. The summed E-state index contributed by atoms with van der Waals surface area (Å²) in [5, 5.41) is 4.64. The van der Waals surface area contributed by atoms with Crippen molar-refractivity contribution in [2.24, 2.45) is 0 Å². The Bertz CT molecular complexity index is 3550. The summed E-state index contributed by atoms with van der Waals surface area (Å²) in [4.78, 5) is 15.5. The van der Waals surface area contributed by atoms with E-state index in [1.807, 2.05) is 36.4 Å². The highest BCUT2D eigenvalue weighted by molar-refractivity contribution is 6.19. The Morgan fingerprint density at radius 3 is 1.35 bits per heavy atom. The second-order valence-corrected chi connectivity index (χ2v) is 15.6. The highest BCUT2D eigenvalue weighted by Crippen LogP contribution is 2.43. The van der Waals surface area contributed by atoms with Gasteiger partial charge >= 0.3 is 0 Å². The van der Waals surface area contributed by atoms with Crippen LogP contribution in [-0.4, -0.2) is 24.1 Å². The molecule has 0 atom stereocenters. The van der Waals surface area contributed by atoms with Crippen molar-refractivity contribution in [3.05, 3.63) is 224 Å². The minimum Gasteiger partial charge on any atom is -0.309 e. The molecule has 0 amide bonds. The van der Waals surface area contributed by atoms with Crippen molar-refractivity contribution in [2.75, 3.05) is 0 Å². The van der Waals surface area contributed by atoms with Crippen molar-refractivity contribution in [3.8, 4) is 67.8 Å². The monoisotopic (exact) mass is 791 g/mol. The predicted molar refractivity (Wildman–Crippen MR) is 256 cm³/mol. The van der Waals surface area contributed by atoms with Gasteiger partial charge in [-0.25, -0.2) is 4.98 Å². The highest BCUT2D eigenvalue weighted by Gasteiger charge is 2.23. The number of hydrogen-bond acceptors (Lipinski definition) is 3. The number of fused-ring (bicyclic) bond motifs is 6. The Hall–Kier alpha value is -8.41. The molecule has 0 spiro atoms. The Kier molecular flexibility index (Phi) is 8.42. The molecule has 0 aliphatic carbocycles. The Labute approximate surface area is 358 Å². The number of benzene rings is 9. The molecule has 0 N–H and O–H groups in total. The number of aromatic nitrogens is 5. The fourth-order valence-corrected chi connectivity index (χ4v) is 9.15. The van der Waals surface area contributed by atoms with Crippen LogP contribution in [0.4, 0.5) is 0 Å². The number of hydrogen-bond donors (Lipinski definition) is 0. The van der Waals surface area contributed by atoms with E-state index in [2.05, 4.69) is 197 Å². The minimum absolute atomic E-state index is 0.566. The number of para-hydroxylation sites is 3. The van der Waals surface area contributed by atoms with Gasteiger partial charge in [-0.15, -0.1) is 0 Å². The first-order chi connectivity index (χ1) is 30.8. The van der Waals surface area contributed by atoms with Gasteiger partial charge in [0.2, 0.25) is 5.95 Å². The summed E-state index contributed by atoms with van der Waals surface area (Å²) in [5.41, 5.74) is 14.3. The molecular weight excluding hydrogens is 755 g/mol. The van der Waals surface area contributed by atoms with E-state index in [0.29, 0.717) is 17.6 Å². The van der Waals surface area contributed by atoms with E-state index in [4.69, 9.17) is 15.0 Å². The van der Waals surface area contributed by atoms with Gasteiger partial charge in [0.25, 0.3) is 0 Å². The Balaban J connectivity index is 1.15. The molecule has 0 aliphatic rings. The zero-order chi connectivity index (χ0) is 41.0. The standard InChI is InChI=1S/C57H37N5/c1-5-19-38(20-6-1)42-33-34-43(39-21-7-2-8-22-39)47(35-42)44-27-13-16-30-50(44)61-51-31-17-14-28-45(51)48-36-49-46-29-15-18-32-52(46)62(54(49)37-53(48)61)57-59-55(40-23-9-3-10-24-40)58-56(60-57)41-25-11-4-12-26-41/h1-37H. The molecular formula is C57H37N5. The van der Waals surface area contributed by atoms with Crippen LogP contribution < -0.4 is 0 Å². The largest absolute Gasteiger partial charge is 0.309 e.